The highest BCUT2D eigenvalue weighted by molar-refractivity contribution is 5.92. The van der Waals surface area contributed by atoms with Gasteiger partial charge in [0, 0.05) is 30.6 Å². The SMILES string of the molecule is C=C(CCCn1ncc2cc(C#N)ccc21)C(=O)N1CCCC1.Fc1ccccc1. The monoisotopic (exact) mass is 404 g/mol. The predicted octanol–water partition coefficient (Wildman–Crippen LogP) is 4.69. The van der Waals surface area contributed by atoms with Crippen LogP contribution in [-0.4, -0.2) is 33.7 Å². The molecule has 5 nitrogen and oxygen atoms in total. The van der Waals surface area contributed by atoms with E-state index >= 15 is 0 Å². The van der Waals surface area contributed by atoms with Crippen molar-refractivity contribution < 1.29 is 9.18 Å². The first-order chi connectivity index (χ1) is 14.6. The number of aryl methyl sites for hydroxylation is 1. The number of fused-ring (bicyclic) bond motifs is 1. The highest BCUT2D eigenvalue weighted by atomic mass is 19.1. The smallest absolute Gasteiger partial charge is 0.249 e. The molecule has 0 aliphatic carbocycles. The van der Waals surface area contributed by atoms with Gasteiger partial charge in [-0.2, -0.15) is 10.4 Å². The van der Waals surface area contributed by atoms with Crippen LogP contribution in [0.15, 0.2) is 66.9 Å². The van der Waals surface area contributed by atoms with Gasteiger partial charge in [0.05, 0.1) is 23.3 Å². The second kappa shape index (κ2) is 10.4. The van der Waals surface area contributed by atoms with Gasteiger partial charge in [0.25, 0.3) is 0 Å². The van der Waals surface area contributed by atoms with Crippen molar-refractivity contribution in [3.05, 3.63) is 78.3 Å². The highest BCUT2D eigenvalue weighted by Crippen LogP contribution is 2.18. The minimum absolute atomic E-state index is 0.103. The Morgan fingerprint density at radius 2 is 1.90 bits per heavy atom. The number of carbonyl (C=O) groups excluding carboxylic acids is 1. The molecule has 1 aromatic heterocycles. The van der Waals surface area contributed by atoms with Crippen LogP contribution in [0.4, 0.5) is 4.39 Å². The molecule has 0 N–H and O–H groups in total. The Bertz CT molecular complexity index is 1050. The fourth-order valence-corrected chi connectivity index (χ4v) is 3.44. The number of aromatic nitrogens is 2. The summed E-state index contributed by atoms with van der Waals surface area (Å²) in [5.74, 6) is -0.0750. The molecule has 0 spiro atoms. The first-order valence-corrected chi connectivity index (χ1v) is 10.1. The molecular weight excluding hydrogens is 379 g/mol. The molecule has 2 aromatic carbocycles. The number of hydrogen-bond donors (Lipinski definition) is 0. The molecule has 30 heavy (non-hydrogen) atoms. The largest absolute Gasteiger partial charge is 0.339 e. The Balaban J connectivity index is 0.000000310. The fourth-order valence-electron chi connectivity index (χ4n) is 3.44. The van der Waals surface area contributed by atoms with E-state index in [2.05, 4.69) is 17.7 Å². The Morgan fingerprint density at radius 3 is 2.53 bits per heavy atom. The quantitative estimate of drug-likeness (QED) is 0.580. The Kier molecular flexibility index (Phi) is 7.34. The van der Waals surface area contributed by atoms with E-state index in [1.165, 1.54) is 12.1 Å². The van der Waals surface area contributed by atoms with Crippen LogP contribution in [0.5, 0.6) is 0 Å². The third-order valence-corrected chi connectivity index (χ3v) is 5.05. The molecule has 0 unspecified atom stereocenters. The minimum Gasteiger partial charge on any atom is -0.339 e. The maximum Gasteiger partial charge on any atom is 0.249 e. The lowest BCUT2D eigenvalue weighted by atomic mass is 10.1. The molecule has 4 rings (SSSR count). The van der Waals surface area contributed by atoms with Crippen LogP contribution in [0.3, 0.4) is 0 Å². The highest BCUT2D eigenvalue weighted by Gasteiger charge is 2.19. The van der Waals surface area contributed by atoms with Crippen molar-refractivity contribution in [1.29, 1.82) is 5.26 Å². The number of likely N-dealkylation sites (tertiary alicyclic amines) is 1. The van der Waals surface area contributed by atoms with Crippen molar-refractivity contribution >= 4 is 16.8 Å². The molecule has 1 fully saturated rings. The standard InChI is InChI=1S/C18H20N4O.C6H5F/c1-14(18(23)21-8-2-3-9-21)5-4-10-22-17-7-6-15(12-19)11-16(17)13-20-22;7-6-4-2-1-3-5-6/h6-7,11,13H,1-5,8-10H2;1-5H. The summed E-state index contributed by atoms with van der Waals surface area (Å²) in [6.45, 7) is 6.41. The molecule has 154 valence electrons. The van der Waals surface area contributed by atoms with Gasteiger partial charge < -0.3 is 4.90 Å². The molecule has 6 heteroatoms. The second-order valence-corrected chi connectivity index (χ2v) is 7.26. The lowest BCUT2D eigenvalue weighted by Crippen LogP contribution is -2.28. The fraction of sp³-hybridized carbons (Fsp3) is 0.292. The van der Waals surface area contributed by atoms with Crippen LogP contribution in [0.1, 0.15) is 31.2 Å². The van der Waals surface area contributed by atoms with E-state index in [1.807, 2.05) is 21.7 Å². The second-order valence-electron chi connectivity index (χ2n) is 7.26. The summed E-state index contributed by atoms with van der Waals surface area (Å²) < 4.78 is 13.8. The summed E-state index contributed by atoms with van der Waals surface area (Å²) in [5, 5.41) is 14.3. The normalized spacial score (nSPS) is 12.9. The summed E-state index contributed by atoms with van der Waals surface area (Å²) in [5.41, 5.74) is 2.34. The van der Waals surface area contributed by atoms with E-state index in [1.54, 1.807) is 30.5 Å². The van der Waals surface area contributed by atoms with Crippen molar-refractivity contribution in [2.45, 2.75) is 32.2 Å². The van der Waals surface area contributed by atoms with Gasteiger partial charge in [-0.05, 0) is 56.0 Å². The average molecular weight is 404 g/mol. The van der Waals surface area contributed by atoms with Gasteiger partial charge in [0.2, 0.25) is 5.91 Å². The number of rotatable bonds is 5. The average Bonchev–Trinajstić information content (AvgIpc) is 3.44. The number of nitrogens with zero attached hydrogens (tertiary/aromatic N) is 4. The Labute approximate surface area is 176 Å². The van der Waals surface area contributed by atoms with Gasteiger partial charge in [0.15, 0.2) is 0 Å². The molecule has 0 saturated carbocycles. The minimum atomic E-state index is -0.178. The Morgan fingerprint density at radius 1 is 1.17 bits per heavy atom. The molecule has 3 aromatic rings. The predicted molar refractivity (Wildman–Crippen MR) is 115 cm³/mol. The van der Waals surface area contributed by atoms with Gasteiger partial charge >= 0.3 is 0 Å². The summed E-state index contributed by atoms with van der Waals surface area (Å²) >= 11 is 0. The van der Waals surface area contributed by atoms with Gasteiger partial charge in [-0.1, -0.05) is 24.8 Å². The van der Waals surface area contributed by atoms with Crippen molar-refractivity contribution in [2.75, 3.05) is 13.1 Å². The van der Waals surface area contributed by atoms with Crippen molar-refractivity contribution in [1.82, 2.24) is 14.7 Å². The van der Waals surface area contributed by atoms with Crippen molar-refractivity contribution in [3.8, 4) is 6.07 Å². The number of amides is 1. The van der Waals surface area contributed by atoms with Crippen LogP contribution in [0.2, 0.25) is 0 Å². The number of halogens is 1. The van der Waals surface area contributed by atoms with Gasteiger partial charge in [-0.25, -0.2) is 4.39 Å². The molecule has 1 aliphatic heterocycles. The van der Waals surface area contributed by atoms with E-state index in [0.717, 1.165) is 49.8 Å². The number of hydrogen-bond acceptors (Lipinski definition) is 3. The van der Waals surface area contributed by atoms with Crippen molar-refractivity contribution in [3.63, 3.8) is 0 Å². The summed E-state index contributed by atoms with van der Waals surface area (Å²) in [7, 11) is 0. The molecule has 1 aliphatic rings. The maximum absolute atomic E-state index is 12.2. The van der Waals surface area contributed by atoms with E-state index in [4.69, 9.17) is 5.26 Å². The van der Waals surface area contributed by atoms with Crippen LogP contribution < -0.4 is 0 Å². The molecule has 0 atom stereocenters. The molecule has 0 bridgehead atoms. The molecule has 1 saturated heterocycles. The van der Waals surface area contributed by atoms with Crippen LogP contribution >= 0.6 is 0 Å². The Hall–Kier alpha value is -3.46. The lowest BCUT2D eigenvalue weighted by Gasteiger charge is -2.16. The van der Waals surface area contributed by atoms with Gasteiger partial charge in [-0.15, -0.1) is 0 Å². The topological polar surface area (TPSA) is 61.9 Å². The summed E-state index contributed by atoms with van der Waals surface area (Å²) in [6, 6.07) is 15.6. The van der Waals surface area contributed by atoms with E-state index in [9.17, 15) is 9.18 Å². The molecule has 2 heterocycles. The third-order valence-electron chi connectivity index (χ3n) is 5.05. The summed E-state index contributed by atoms with van der Waals surface area (Å²) in [4.78, 5) is 14.1. The zero-order chi connectivity index (χ0) is 21.3. The summed E-state index contributed by atoms with van der Waals surface area (Å²) in [6.07, 6.45) is 5.49. The van der Waals surface area contributed by atoms with Crippen LogP contribution in [0.25, 0.3) is 10.9 Å². The van der Waals surface area contributed by atoms with Gasteiger partial charge in [0.1, 0.15) is 5.82 Å². The van der Waals surface area contributed by atoms with Crippen LogP contribution in [-0.2, 0) is 11.3 Å². The zero-order valence-corrected chi connectivity index (χ0v) is 16.9. The first-order valence-electron chi connectivity index (χ1n) is 10.1. The number of benzene rings is 2. The van der Waals surface area contributed by atoms with E-state index in [0.29, 0.717) is 17.6 Å². The molecule has 0 radical (unpaired) electrons. The number of nitriles is 1. The van der Waals surface area contributed by atoms with Crippen LogP contribution in [0, 0.1) is 17.1 Å². The third kappa shape index (κ3) is 5.54. The van der Waals surface area contributed by atoms with E-state index < -0.39 is 0 Å². The van der Waals surface area contributed by atoms with Gasteiger partial charge in [-0.3, -0.25) is 9.48 Å². The molecular formula is C24H25FN4O. The zero-order valence-electron chi connectivity index (χ0n) is 16.9. The van der Waals surface area contributed by atoms with E-state index in [-0.39, 0.29) is 11.7 Å². The van der Waals surface area contributed by atoms with Crippen molar-refractivity contribution in [2.24, 2.45) is 0 Å². The maximum atomic E-state index is 12.2. The first kappa shape index (κ1) is 21.3. The molecule has 1 amide bonds. The number of carbonyl (C=O) groups is 1. The lowest BCUT2D eigenvalue weighted by molar-refractivity contribution is -0.126.